The van der Waals surface area contributed by atoms with E-state index in [0.29, 0.717) is 17.0 Å². The first-order valence-electron chi connectivity index (χ1n) is 7.36. The number of hydrogen-bond acceptors (Lipinski definition) is 6. The fourth-order valence-corrected chi connectivity index (χ4v) is 2.20. The van der Waals surface area contributed by atoms with E-state index in [2.05, 4.69) is 15.1 Å². The zero-order chi connectivity index (χ0) is 18.0. The Labute approximate surface area is 142 Å². The minimum absolute atomic E-state index is 0.0314. The molecule has 0 aliphatic rings. The van der Waals surface area contributed by atoms with Crippen LogP contribution in [0.3, 0.4) is 0 Å². The summed E-state index contributed by atoms with van der Waals surface area (Å²) in [6.45, 7) is 3.65. The van der Waals surface area contributed by atoms with Crippen LogP contribution in [0.25, 0.3) is 11.3 Å². The standard InChI is InChI=1S/C17H14FN3O4/c1-9-3-4-11(7-19-9)15-13(10(2)25-21-15)8-24-14-6-5-12(17(22)23)16(18)20-14/h3-7H,8H2,1-2H3,(H,22,23). The minimum Gasteiger partial charge on any atom is -0.478 e. The molecule has 25 heavy (non-hydrogen) atoms. The Kier molecular flexibility index (Phi) is 4.42. The predicted octanol–water partition coefficient (Wildman–Crippen LogP) is 3.16. The van der Waals surface area contributed by atoms with Gasteiger partial charge in [-0.1, -0.05) is 5.16 Å². The maximum atomic E-state index is 13.6. The maximum absolute atomic E-state index is 13.6. The van der Waals surface area contributed by atoms with Crippen LogP contribution in [-0.4, -0.2) is 26.2 Å². The van der Waals surface area contributed by atoms with Gasteiger partial charge in [0.2, 0.25) is 11.8 Å². The summed E-state index contributed by atoms with van der Waals surface area (Å²) in [7, 11) is 0. The molecule has 0 saturated carbocycles. The first-order valence-corrected chi connectivity index (χ1v) is 7.36. The SMILES string of the molecule is Cc1ccc(-c2noc(C)c2COc2ccc(C(=O)O)c(F)n2)cn1. The van der Waals surface area contributed by atoms with E-state index in [-0.39, 0.29) is 12.5 Å². The molecule has 0 bridgehead atoms. The minimum atomic E-state index is -1.39. The maximum Gasteiger partial charge on any atom is 0.340 e. The van der Waals surface area contributed by atoms with E-state index >= 15 is 0 Å². The molecule has 8 heteroatoms. The summed E-state index contributed by atoms with van der Waals surface area (Å²) >= 11 is 0. The van der Waals surface area contributed by atoms with Crippen LogP contribution in [0.2, 0.25) is 0 Å². The van der Waals surface area contributed by atoms with E-state index in [1.165, 1.54) is 6.07 Å². The number of carboxylic acid groups (broad SMARTS) is 1. The number of halogens is 1. The second-order valence-corrected chi connectivity index (χ2v) is 5.34. The van der Waals surface area contributed by atoms with Crippen LogP contribution in [-0.2, 0) is 6.61 Å². The van der Waals surface area contributed by atoms with Gasteiger partial charge in [-0.2, -0.15) is 9.37 Å². The van der Waals surface area contributed by atoms with E-state index in [4.69, 9.17) is 14.4 Å². The number of nitrogens with zero attached hydrogens (tertiary/aromatic N) is 3. The molecule has 3 aromatic heterocycles. The van der Waals surface area contributed by atoms with Gasteiger partial charge >= 0.3 is 5.97 Å². The molecule has 0 radical (unpaired) electrons. The average Bonchev–Trinajstić information content (AvgIpc) is 2.94. The van der Waals surface area contributed by atoms with Gasteiger partial charge in [-0.05, 0) is 32.0 Å². The third kappa shape index (κ3) is 3.47. The van der Waals surface area contributed by atoms with Crippen LogP contribution < -0.4 is 4.74 Å². The molecule has 0 saturated heterocycles. The highest BCUT2D eigenvalue weighted by Crippen LogP contribution is 2.26. The van der Waals surface area contributed by atoms with Gasteiger partial charge in [-0.25, -0.2) is 4.79 Å². The molecule has 0 aromatic carbocycles. The van der Waals surface area contributed by atoms with Crippen LogP contribution >= 0.6 is 0 Å². The molecule has 0 atom stereocenters. The lowest BCUT2D eigenvalue weighted by Gasteiger charge is -2.07. The number of ether oxygens (including phenoxy) is 1. The first kappa shape index (κ1) is 16.6. The Bertz CT molecular complexity index is 922. The summed E-state index contributed by atoms with van der Waals surface area (Å²) in [4.78, 5) is 18.5. The molecule has 3 aromatic rings. The molecule has 0 aliphatic heterocycles. The molecule has 3 rings (SSSR count). The lowest BCUT2D eigenvalue weighted by atomic mass is 10.1. The van der Waals surface area contributed by atoms with Gasteiger partial charge in [0.05, 0.1) is 5.56 Å². The van der Waals surface area contributed by atoms with Crippen LogP contribution in [0.5, 0.6) is 5.88 Å². The molecule has 7 nitrogen and oxygen atoms in total. The van der Waals surface area contributed by atoms with Crippen LogP contribution in [0.4, 0.5) is 4.39 Å². The van der Waals surface area contributed by atoms with Crippen molar-refractivity contribution in [3.63, 3.8) is 0 Å². The fraction of sp³-hybridized carbons (Fsp3) is 0.176. The van der Waals surface area contributed by atoms with Crippen molar-refractivity contribution in [2.45, 2.75) is 20.5 Å². The third-order valence-electron chi connectivity index (χ3n) is 3.59. The predicted molar refractivity (Wildman–Crippen MR) is 84.7 cm³/mol. The average molecular weight is 343 g/mol. The van der Waals surface area contributed by atoms with Gasteiger partial charge in [-0.3, -0.25) is 4.98 Å². The van der Waals surface area contributed by atoms with Crippen LogP contribution in [0, 0.1) is 19.8 Å². The molecule has 0 spiro atoms. The number of hydrogen-bond donors (Lipinski definition) is 1. The number of aromatic nitrogens is 3. The number of carboxylic acids is 1. The molecule has 1 N–H and O–H groups in total. The van der Waals surface area contributed by atoms with Crippen molar-refractivity contribution in [3.8, 4) is 17.1 Å². The van der Waals surface area contributed by atoms with Crippen molar-refractivity contribution in [2.75, 3.05) is 0 Å². The zero-order valence-electron chi connectivity index (χ0n) is 13.5. The molecule has 0 fully saturated rings. The van der Waals surface area contributed by atoms with Gasteiger partial charge in [0.25, 0.3) is 0 Å². The lowest BCUT2D eigenvalue weighted by Crippen LogP contribution is -2.05. The van der Waals surface area contributed by atoms with Crippen molar-refractivity contribution in [1.29, 1.82) is 0 Å². The number of pyridine rings is 2. The number of rotatable bonds is 5. The van der Waals surface area contributed by atoms with E-state index in [9.17, 15) is 9.18 Å². The molecular weight excluding hydrogens is 329 g/mol. The highest BCUT2D eigenvalue weighted by molar-refractivity contribution is 5.87. The number of aromatic carboxylic acids is 1. The summed E-state index contributed by atoms with van der Waals surface area (Å²) in [5.74, 6) is -1.97. The van der Waals surface area contributed by atoms with Crippen molar-refractivity contribution in [3.05, 3.63) is 59.0 Å². The third-order valence-corrected chi connectivity index (χ3v) is 3.59. The van der Waals surface area contributed by atoms with E-state index < -0.39 is 17.5 Å². The fourth-order valence-electron chi connectivity index (χ4n) is 2.20. The van der Waals surface area contributed by atoms with Crippen LogP contribution in [0.15, 0.2) is 35.0 Å². The Morgan fingerprint density at radius 3 is 2.72 bits per heavy atom. The van der Waals surface area contributed by atoms with Gasteiger partial charge in [-0.15, -0.1) is 0 Å². The highest BCUT2D eigenvalue weighted by Gasteiger charge is 2.17. The molecule has 0 unspecified atom stereocenters. The smallest absolute Gasteiger partial charge is 0.340 e. The van der Waals surface area contributed by atoms with Crippen molar-refractivity contribution in [2.24, 2.45) is 0 Å². The van der Waals surface area contributed by atoms with Crippen molar-refractivity contribution < 1.29 is 23.6 Å². The van der Waals surface area contributed by atoms with Crippen molar-refractivity contribution >= 4 is 5.97 Å². The largest absolute Gasteiger partial charge is 0.478 e. The Morgan fingerprint density at radius 2 is 2.08 bits per heavy atom. The van der Waals surface area contributed by atoms with E-state index in [1.807, 2.05) is 19.1 Å². The first-order chi connectivity index (χ1) is 12.0. The summed E-state index contributed by atoms with van der Waals surface area (Å²) in [5, 5.41) is 12.8. The zero-order valence-corrected chi connectivity index (χ0v) is 13.5. The molecule has 0 aliphatic carbocycles. The van der Waals surface area contributed by atoms with Gasteiger partial charge in [0.1, 0.15) is 23.6 Å². The van der Waals surface area contributed by atoms with E-state index in [1.54, 1.807) is 13.1 Å². The number of aryl methyl sites for hydroxylation is 2. The summed E-state index contributed by atoms with van der Waals surface area (Å²) in [5.41, 5.74) is 2.38. The monoisotopic (exact) mass is 343 g/mol. The van der Waals surface area contributed by atoms with Gasteiger partial charge in [0.15, 0.2) is 0 Å². The molecule has 3 heterocycles. The quantitative estimate of drug-likeness (QED) is 0.710. The summed E-state index contributed by atoms with van der Waals surface area (Å²) < 4.78 is 24.3. The summed E-state index contributed by atoms with van der Waals surface area (Å²) in [6, 6.07) is 6.11. The van der Waals surface area contributed by atoms with Crippen LogP contribution in [0.1, 0.15) is 27.4 Å². The lowest BCUT2D eigenvalue weighted by molar-refractivity contribution is 0.0690. The second kappa shape index (κ2) is 6.68. The topological polar surface area (TPSA) is 98.3 Å². The molecule has 128 valence electrons. The number of carbonyl (C=O) groups is 1. The Balaban J connectivity index is 1.82. The molecular formula is C17H14FN3O4. The van der Waals surface area contributed by atoms with E-state index in [0.717, 1.165) is 17.3 Å². The summed E-state index contributed by atoms with van der Waals surface area (Å²) in [6.07, 6.45) is 1.68. The normalized spacial score (nSPS) is 10.7. The van der Waals surface area contributed by atoms with Gasteiger partial charge < -0.3 is 14.4 Å². The van der Waals surface area contributed by atoms with Gasteiger partial charge in [0, 0.05) is 23.5 Å². The Morgan fingerprint density at radius 1 is 1.28 bits per heavy atom. The Hall–Kier alpha value is -3.29. The second-order valence-electron chi connectivity index (χ2n) is 5.34. The molecule has 0 amide bonds. The highest BCUT2D eigenvalue weighted by atomic mass is 19.1. The van der Waals surface area contributed by atoms with Crippen molar-refractivity contribution in [1.82, 2.24) is 15.1 Å².